The second-order valence-corrected chi connectivity index (χ2v) is 4.98. The first-order valence-corrected chi connectivity index (χ1v) is 6.90. The van der Waals surface area contributed by atoms with Gasteiger partial charge in [-0.2, -0.15) is 0 Å². The molecule has 0 spiro atoms. The lowest BCUT2D eigenvalue weighted by molar-refractivity contribution is 0.0941. The second kappa shape index (κ2) is 6.48. The van der Waals surface area contributed by atoms with Crippen LogP contribution in [-0.4, -0.2) is 15.6 Å². The molecule has 0 radical (unpaired) electrons. The van der Waals surface area contributed by atoms with Gasteiger partial charge in [0.05, 0.1) is 5.02 Å². The van der Waals surface area contributed by atoms with E-state index in [1.807, 2.05) is 17.6 Å². The summed E-state index contributed by atoms with van der Waals surface area (Å²) in [4.78, 5) is 12.2. The number of carbonyl (C=O) groups is 1. The molecule has 0 bridgehead atoms. The molecule has 1 heterocycles. The quantitative estimate of drug-likeness (QED) is 0.889. The molecule has 0 aliphatic heterocycles. The zero-order valence-corrected chi connectivity index (χ0v) is 12.0. The number of benzene rings is 1. The molecule has 0 unspecified atom stereocenters. The minimum Gasteiger partial charge on any atom is -0.508 e. The molecule has 106 valence electrons. The van der Waals surface area contributed by atoms with Crippen molar-refractivity contribution in [1.29, 1.82) is 0 Å². The van der Waals surface area contributed by atoms with E-state index in [0.717, 1.165) is 13.0 Å². The minimum atomic E-state index is -0.200. The molecule has 2 aromatic rings. The summed E-state index contributed by atoms with van der Waals surface area (Å²) in [6, 6.07) is 8.58. The van der Waals surface area contributed by atoms with Crippen LogP contribution in [0.5, 0.6) is 5.75 Å². The smallest absolute Gasteiger partial charge is 0.268 e. The molecule has 2 rings (SSSR count). The van der Waals surface area contributed by atoms with Crippen molar-refractivity contribution >= 4 is 17.5 Å². The summed E-state index contributed by atoms with van der Waals surface area (Å²) in [7, 11) is 0. The van der Waals surface area contributed by atoms with Crippen LogP contribution < -0.4 is 5.32 Å². The Kier molecular flexibility index (Phi) is 4.69. The molecule has 0 aliphatic carbocycles. The highest BCUT2D eigenvalue weighted by Gasteiger charge is 2.13. The molecular formula is C15H17ClN2O2. The maximum absolute atomic E-state index is 12.2. The molecule has 0 fully saturated rings. The molecule has 1 aromatic carbocycles. The van der Waals surface area contributed by atoms with Gasteiger partial charge in [0.2, 0.25) is 0 Å². The Bertz CT molecular complexity index is 608. The monoisotopic (exact) mass is 292 g/mol. The Hall–Kier alpha value is -1.94. The Morgan fingerprint density at radius 2 is 2.15 bits per heavy atom. The molecule has 20 heavy (non-hydrogen) atoms. The zero-order valence-electron chi connectivity index (χ0n) is 11.3. The van der Waals surface area contributed by atoms with Gasteiger partial charge in [-0.05, 0) is 18.6 Å². The number of phenolic OH excluding ortho intramolecular Hbond substituents is 1. The predicted octanol–water partition coefficient (Wildman–Crippen LogP) is 3.19. The zero-order chi connectivity index (χ0) is 14.5. The second-order valence-electron chi connectivity index (χ2n) is 4.55. The van der Waals surface area contributed by atoms with Gasteiger partial charge < -0.3 is 15.0 Å². The van der Waals surface area contributed by atoms with Gasteiger partial charge in [-0.15, -0.1) is 0 Å². The number of aromatic hydroxyl groups is 1. The summed E-state index contributed by atoms with van der Waals surface area (Å²) in [6.45, 7) is 3.06. The lowest BCUT2D eigenvalue weighted by Gasteiger charge is -2.09. The van der Waals surface area contributed by atoms with Crippen LogP contribution in [0.15, 0.2) is 36.5 Å². The van der Waals surface area contributed by atoms with Crippen molar-refractivity contribution in [3.05, 3.63) is 52.8 Å². The molecule has 1 aromatic heterocycles. The number of rotatable bonds is 5. The number of phenols is 1. The van der Waals surface area contributed by atoms with E-state index >= 15 is 0 Å². The van der Waals surface area contributed by atoms with E-state index in [1.54, 1.807) is 30.5 Å². The Morgan fingerprint density at radius 3 is 2.85 bits per heavy atom. The Balaban J connectivity index is 2.07. The van der Waals surface area contributed by atoms with Gasteiger partial charge in [-0.1, -0.05) is 36.7 Å². The third kappa shape index (κ3) is 3.33. The summed E-state index contributed by atoms with van der Waals surface area (Å²) in [5.41, 5.74) is 1.22. The van der Waals surface area contributed by atoms with Gasteiger partial charge in [0.25, 0.3) is 5.91 Å². The normalized spacial score (nSPS) is 10.5. The van der Waals surface area contributed by atoms with E-state index in [4.69, 9.17) is 11.6 Å². The first-order chi connectivity index (χ1) is 9.61. The summed E-state index contributed by atoms with van der Waals surface area (Å²) < 4.78 is 1.84. The number of carbonyl (C=O) groups excluding carboxylic acids is 1. The highest BCUT2D eigenvalue weighted by atomic mass is 35.5. The molecule has 2 N–H and O–H groups in total. The average molecular weight is 293 g/mol. The average Bonchev–Trinajstić information content (AvgIpc) is 2.79. The molecule has 0 aliphatic rings. The number of amides is 1. The van der Waals surface area contributed by atoms with E-state index < -0.39 is 0 Å². The molecule has 4 nitrogen and oxygen atoms in total. The molecular weight excluding hydrogens is 276 g/mol. The largest absolute Gasteiger partial charge is 0.508 e. The molecule has 5 heteroatoms. The number of para-hydroxylation sites is 1. The van der Waals surface area contributed by atoms with E-state index in [1.165, 1.54) is 0 Å². The summed E-state index contributed by atoms with van der Waals surface area (Å²) in [5, 5.41) is 13.0. The minimum absolute atomic E-state index is 0.176. The van der Waals surface area contributed by atoms with Crippen molar-refractivity contribution < 1.29 is 9.90 Å². The molecule has 1 amide bonds. The highest BCUT2D eigenvalue weighted by Crippen LogP contribution is 2.17. The first-order valence-electron chi connectivity index (χ1n) is 6.52. The van der Waals surface area contributed by atoms with Crippen LogP contribution >= 0.6 is 11.6 Å². The number of halogens is 1. The van der Waals surface area contributed by atoms with Crippen molar-refractivity contribution in [2.75, 3.05) is 0 Å². The highest BCUT2D eigenvalue weighted by molar-refractivity contribution is 6.31. The number of aromatic nitrogens is 1. The van der Waals surface area contributed by atoms with Crippen LogP contribution in [0, 0.1) is 0 Å². The number of hydrogen-bond donors (Lipinski definition) is 2. The van der Waals surface area contributed by atoms with E-state index in [-0.39, 0.29) is 18.2 Å². The topological polar surface area (TPSA) is 54.3 Å². The van der Waals surface area contributed by atoms with Crippen molar-refractivity contribution in [3.63, 3.8) is 0 Å². The number of aryl methyl sites for hydroxylation is 1. The fraction of sp³-hybridized carbons (Fsp3) is 0.267. The maximum Gasteiger partial charge on any atom is 0.268 e. The number of nitrogens with zero attached hydrogens (tertiary/aromatic N) is 1. The van der Waals surface area contributed by atoms with Gasteiger partial charge in [0, 0.05) is 24.8 Å². The maximum atomic E-state index is 12.2. The Morgan fingerprint density at radius 1 is 1.40 bits per heavy atom. The number of hydrogen-bond acceptors (Lipinski definition) is 2. The SMILES string of the molecule is CCCn1cc(Cl)cc1C(=O)NCc1ccccc1O. The van der Waals surface area contributed by atoms with Crippen LogP contribution in [0.3, 0.4) is 0 Å². The third-order valence-corrected chi connectivity index (χ3v) is 3.20. The fourth-order valence-electron chi connectivity index (χ4n) is 2.02. The molecule has 0 saturated heterocycles. The fourth-order valence-corrected chi connectivity index (χ4v) is 2.24. The van der Waals surface area contributed by atoms with Crippen LogP contribution in [-0.2, 0) is 13.1 Å². The standard InChI is InChI=1S/C15H17ClN2O2/c1-2-7-18-10-12(16)8-13(18)15(20)17-9-11-5-3-4-6-14(11)19/h3-6,8,10,19H,2,7,9H2,1H3,(H,17,20). The first kappa shape index (κ1) is 14.5. The van der Waals surface area contributed by atoms with Gasteiger partial charge in [-0.25, -0.2) is 0 Å². The van der Waals surface area contributed by atoms with Crippen LogP contribution in [0.2, 0.25) is 5.02 Å². The van der Waals surface area contributed by atoms with Gasteiger partial charge in [0.1, 0.15) is 11.4 Å². The third-order valence-electron chi connectivity index (χ3n) is 2.99. The predicted molar refractivity (Wildman–Crippen MR) is 79.0 cm³/mol. The Labute approximate surface area is 123 Å². The van der Waals surface area contributed by atoms with Gasteiger partial charge in [0.15, 0.2) is 0 Å². The summed E-state index contributed by atoms with van der Waals surface area (Å²) >= 11 is 5.95. The van der Waals surface area contributed by atoms with E-state index in [9.17, 15) is 9.90 Å². The van der Waals surface area contributed by atoms with Crippen molar-refractivity contribution in [1.82, 2.24) is 9.88 Å². The summed E-state index contributed by atoms with van der Waals surface area (Å²) in [5.74, 6) is -0.0247. The van der Waals surface area contributed by atoms with Gasteiger partial charge in [-0.3, -0.25) is 4.79 Å². The number of nitrogens with one attached hydrogen (secondary N) is 1. The van der Waals surface area contributed by atoms with E-state index in [0.29, 0.717) is 16.3 Å². The molecule has 0 saturated carbocycles. The van der Waals surface area contributed by atoms with Gasteiger partial charge >= 0.3 is 0 Å². The van der Waals surface area contributed by atoms with Crippen molar-refractivity contribution in [2.24, 2.45) is 0 Å². The van der Waals surface area contributed by atoms with E-state index in [2.05, 4.69) is 5.32 Å². The van der Waals surface area contributed by atoms with Crippen LogP contribution in [0.25, 0.3) is 0 Å². The van der Waals surface area contributed by atoms with Crippen molar-refractivity contribution in [3.8, 4) is 5.75 Å². The lowest BCUT2D eigenvalue weighted by Crippen LogP contribution is -2.25. The van der Waals surface area contributed by atoms with Crippen molar-refractivity contribution in [2.45, 2.75) is 26.4 Å². The van der Waals surface area contributed by atoms with Crippen LogP contribution in [0.4, 0.5) is 0 Å². The summed E-state index contributed by atoms with van der Waals surface area (Å²) in [6.07, 6.45) is 2.67. The molecule has 0 atom stereocenters. The lowest BCUT2D eigenvalue weighted by atomic mass is 10.2. The van der Waals surface area contributed by atoms with Crippen LogP contribution in [0.1, 0.15) is 29.4 Å².